The highest BCUT2D eigenvalue weighted by atomic mass is 16.3. The molecule has 0 bridgehead atoms. The van der Waals surface area contributed by atoms with Crippen LogP contribution in [0.1, 0.15) is 56.5 Å². The Bertz CT molecular complexity index is 1000. The number of anilines is 2. The third kappa shape index (κ3) is 5.46. The lowest BCUT2D eigenvalue weighted by molar-refractivity contribution is -0.0980. The summed E-state index contributed by atoms with van der Waals surface area (Å²) in [6, 6.07) is 10.7. The zero-order chi connectivity index (χ0) is 21.7. The molecule has 1 fully saturated rings. The van der Waals surface area contributed by atoms with Crippen LogP contribution < -0.4 is 10.2 Å². The summed E-state index contributed by atoms with van der Waals surface area (Å²) in [5.41, 5.74) is 1.04. The van der Waals surface area contributed by atoms with Gasteiger partial charge in [-0.05, 0) is 50.8 Å². The van der Waals surface area contributed by atoms with Crippen molar-refractivity contribution in [2.45, 2.75) is 46.1 Å². The predicted molar refractivity (Wildman–Crippen MR) is 123 cm³/mol. The van der Waals surface area contributed by atoms with Crippen LogP contribution in [0.3, 0.4) is 0 Å². The Morgan fingerprint density at radius 3 is 2.35 bits per heavy atom. The number of aromatic nitrogens is 3. The quantitative estimate of drug-likeness (QED) is 0.662. The Hall–Kier alpha value is -3.26. The Morgan fingerprint density at radius 2 is 1.74 bits per heavy atom. The lowest BCUT2D eigenvalue weighted by atomic mass is 9.97. The van der Waals surface area contributed by atoms with Gasteiger partial charge in [0.05, 0.1) is 11.8 Å². The summed E-state index contributed by atoms with van der Waals surface area (Å²) in [5, 5.41) is 17.3. The molecule has 166 valence electrons. The molecule has 0 unspecified atom stereocenters. The van der Waals surface area contributed by atoms with E-state index in [0.29, 0.717) is 17.0 Å². The first-order chi connectivity index (χ1) is 14.4. The van der Waals surface area contributed by atoms with Gasteiger partial charge in [-0.1, -0.05) is 19.6 Å². The molecule has 0 aliphatic carbocycles. The summed E-state index contributed by atoms with van der Waals surface area (Å²) >= 11 is 0. The first-order valence-electron chi connectivity index (χ1n) is 9.95. The molecule has 1 saturated heterocycles. The van der Waals surface area contributed by atoms with E-state index in [2.05, 4.69) is 20.3 Å². The molecule has 0 atom stereocenters. The number of piperidine rings is 1. The van der Waals surface area contributed by atoms with Crippen LogP contribution in [-0.4, -0.2) is 45.5 Å². The number of aliphatic hydroxyl groups is 1. The molecular formula is C23H31N5O3. The number of nitrogens with one attached hydrogen (secondary N) is 1. The van der Waals surface area contributed by atoms with Gasteiger partial charge < -0.3 is 20.1 Å². The lowest BCUT2D eigenvalue weighted by Gasteiger charge is -2.29. The zero-order valence-electron chi connectivity index (χ0n) is 17.3. The summed E-state index contributed by atoms with van der Waals surface area (Å²) in [5.74, 6) is 1.22. The van der Waals surface area contributed by atoms with Crippen LogP contribution in [-0.2, 0) is 10.4 Å². The molecule has 3 aromatic rings. The van der Waals surface area contributed by atoms with Gasteiger partial charge in [0.25, 0.3) is 5.91 Å². The van der Waals surface area contributed by atoms with Crippen molar-refractivity contribution in [2.75, 3.05) is 23.3 Å². The minimum Gasteiger partial charge on any atom is -0.386 e. The van der Waals surface area contributed by atoms with Gasteiger partial charge in [0.2, 0.25) is 0 Å². The molecule has 4 rings (SSSR count). The summed E-state index contributed by atoms with van der Waals surface area (Å²) < 4.78 is 1.82. The maximum Gasteiger partial charge on any atom is 0.256 e. The van der Waals surface area contributed by atoms with Crippen LogP contribution in [0.5, 0.6) is 0 Å². The molecular weight excluding hydrogens is 394 g/mol. The van der Waals surface area contributed by atoms with Crippen molar-refractivity contribution in [2.24, 2.45) is 0 Å². The Balaban J connectivity index is 0.00000111. The van der Waals surface area contributed by atoms with Gasteiger partial charge in [0.1, 0.15) is 18.4 Å². The number of carbonyl (C=O) groups excluding carboxylic acids is 2. The van der Waals surface area contributed by atoms with E-state index in [1.807, 2.05) is 23.4 Å². The molecule has 8 heteroatoms. The van der Waals surface area contributed by atoms with Crippen molar-refractivity contribution in [1.82, 2.24) is 14.6 Å². The monoisotopic (exact) mass is 425 g/mol. The van der Waals surface area contributed by atoms with Gasteiger partial charge in [-0.25, -0.2) is 4.98 Å². The van der Waals surface area contributed by atoms with E-state index in [0.717, 1.165) is 37.3 Å². The maximum absolute atomic E-state index is 12.7. The van der Waals surface area contributed by atoms with E-state index in [9.17, 15) is 9.90 Å². The molecule has 8 nitrogen and oxygen atoms in total. The second-order valence-electron chi connectivity index (χ2n) is 7.74. The minimum absolute atomic E-state index is 0. The molecule has 2 N–H and O–H groups in total. The van der Waals surface area contributed by atoms with Crippen molar-refractivity contribution >= 4 is 30.0 Å². The standard InChI is InChI=1S/C21H25N5O2.CH2O.CH4/c1-21(2,28)16-8-6-15(7-9-16)20(27)24-17-14-19(25-12-4-3-5-13-25)26-18(23-17)10-11-22-26;1-2;/h6-11,14,28H,3-5,12-13H2,1-2H3,(H,23,24,27);1H2;1H4. The van der Waals surface area contributed by atoms with Crippen LogP contribution >= 0.6 is 0 Å². The van der Waals surface area contributed by atoms with E-state index in [4.69, 9.17) is 4.79 Å². The number of benzene rings is 1. The third-order valence-electron chi connectivity index (χ3n) is 5.12. The van der Waals surface area contributed by atoms with Gasteiger partial charge >= 0.3 is 0 Å². The Labute approximate surface area is 182 Å². The molecule has 1 aromatic carbocycles. The number of nitrogens with zero attached hydrogens (tertiary/aromatic N) is 4. The number of rotatable bonds is 4. The largest absolute Gasteiger partial charge is 0.386 e. The van der Waals surface area contributed by atoms with E-state index in [1.165, 1.54) is 6.42 Å². The van der Waals surface area contributed by atoms with Crippen LogP contribution in [0.4, 0.5) is 11.6 Å². The normalized spacial score (nSPS) is 13.7. The number of carbonyl (C=O) groups is 2. The number of fused-ring (bicyclic) bond motifs is 1. The van der Waals surface area contributed by atoms with Gasteiger partial charge in [-0.3, -0.25) is 4.79 Å². The fourth-order valence-electron chi connectivity index (χ4n) is 3.53. The van der Waals surface area contributed by atoms with Crippen molar-refractivity contribution in [3.05, 3.63) is 53.7 Å². The Morgan fingerprint density at radius 1 is 1.10 bits per heavy atom. The fourth-order valence-corrected chi connectivity index (χ4v) is 3.53. The van der Waals surface area contributed by atoms with E-state index in [-0.39, 0.29) is 13.3 Å². The third-order valence-corrected chi connectivity index (χ3v) is 5.12. The van der Waals surface area contributed by atoms with Crippen molar-refractivity contribution in [3.8, 4) is 0 Å². The van der Waals surface area contributed by atoms with E-state index in [1.54, 1.807) is 44.3 Å². The lowest BCUT2D eigenvalue weighted by Crippen LogP contribution is -2.31. The molecule has 3 heterocycles. The van der Waals surface area contributed by atoms with E-state index >= 15 is 0 Å². The second kappa shape index (κ2) is 10.2. The summed E-state index contributed by atoms with van der Waals surface area (Å²) in [7, 11) is 0. The van der Waals surface area contributed by atoms with Crippen molar-refractivity contribution < 1.29 is 14.7 Å². The van der Waals surface area contributed by atoms with Gasteiger partial charge in [0.15, 0.2) is 5.65 Å². The maximum atomic E-state index is 12.7. The fraction of sp³-hybridized carbons (Fsp3) is 0.391. The summed E-state index contributed by atoms with van der Waals surface area (Å²) in [4.78, 5) is 27.5. The average molecular weight is 426 g/mol. The molecule has 31 heavy (non-hydrogen) atoms. The van der Waals surface area contributed by atoms with E-state index < -0.39 is 5.60 Å². The van der Waals surface area contributed by atoms with Crippen molar-refractivity contribution in [3.63, 3.8) is 0 Å². The molecule has 2 aromatic heterocycles. The highest BCUT2D eigenvalue weighted by Gasteiger charge is 2.19. The number of hydrogen-bond acceptors (Lipinski definition) is 6. The van der Waals surface area contributed by atoms with Gasteiger partial charge in [-0.2, -0.15) is 9.61 Å². The van der Waals surface area contributed by atoms with Gasteiger partial charge in [0, 0.05) is 30.8 Å². The summed E-state index contributed by atoms with van der Waals surface area (Å²) in [6.07, 6.45) is 5.27. The smallest absolute Gasteiger partial charge is 0.256 e. The number of hydrogen-bond donors (Lipinski definition) is 2. The second-order valence-corrected chi connectivity index (χ2v) is 7.74. The van der Waals surface area contributed by atoms with Crippen LogP contribution in [0, 0.1) is 0 Å². The topological polar surface area (TPSA) is 99.8 Å². The predicted octanol–water partition coefficient (Wildman–Crippen LogP) is 3.65. The van der Waals surface area contributed by atoms with Crippen molar-refractivity contribution in [1.29, 1.82) is 0 Å². The number of amides is 1. The Kier molecular flexibility index (Phi) is 7.88. The molecule has 1 amide bonds. The molecule has 1 aliphatic rings. The molecule has 0 radical (unpaired) electrons. The molecule has 0 saturated carbocycles. The molecule has 0 spiro atoms. The first kappa shape index (κ1) is 24.0. The SMILES string of the molecule is C.C=O.CC(C)(O)c1ccc(C(=O)Nc2cc(N3CCCCC3)n3nccc3n2)cc1. The minimum atomic E-state index is -0.938. The van der Waals surface area contributed by atoms with Gasteiger partial charge in [-0.15, -0.1) is 0 Å². The van der Waals surface area contributed by atoms with Crippen LogP contribution in [0.2, 0.25) is 0 Å². The first-order valence-corrected chi connectivity index (χ1v) is 9.95. The summed E-state index contributed by atoms with van der Waals surface area (Å²) in [6.45, 7) is 7.39. The zero-order valence-corrected chi connectivity index (χ0v) is 17.3. The van der Waals surface area contributed by atoms with Crippen LogP contribution in [0.25, 0.3) is 5.65 Å². The highest BCUT2D eigenvalue weighted by Crippen LogP contribution is 2.24. The van der Waals surface area contributed by atoms with Crippen LogP contribution in [0.15, 0.2) is 42.6 Å². The highest BCUT2D eigenvalue weighted by molar-refractivity contribution is 6.04. The molecule has 1 aliphatic heterocycles. The average Bonchev–Trinajstić information content (AvgIpc) is 3.23.